The Kier molecular flexibility index (Phi) is 2.99. The number of anilines is 1. The molecule has 1 fully saturated rings. The highest BCUT2D eigenvalue weighted by atomic mass is 16.5. The molecule has 1 aromatic carbocycles. The average molecular weight is 221 g/mol. The standard InChI is InChI=1S/C12H15NO3/c1-15-11-5-4-9(13)6-10(11)12(14)16-7-8-2-3-8/h4-6,8H,2-3,7,13H2,1H3. The summed E-state index contributed by atoms with van der Waals surface area (Å²) in [6, 6.07) is 4.94. The molecule has 2 N–H and O–H groups in total. The Morgan fingerprint density at radius 1 is 1.50 bits per heavy atom. The number of nitrogen functional groups attached to an aromatic ring is 1. The summed E-state index contributed by atoms with van der Waals surface area (Å²) in [6.45, 7) is 0.497. The number of carbonyl (C=O) groups is 1. The maximum absolute atomic E-state index is 11.8. The van der Waals surface area contributed by atoms with Gasteiger partial charge in [0.1, 0.15) is 11.3 Å². The Hall–Kier alpha value is -1.71. The van der Waals surface area contributed by atoms with Crippen LogP contribution in [-0.2, 0) is 4.74 Å². The zero-order valence-electron chi connectivity index (χ0n) is 9.23. The third kappa shape index (κ3) is 2.45. The summed E-state index contributed by atoms with van der Waals surface area (Å²) in [5, 5.41) is 0. The van der Waals surface area contributed by atoms with Crippen LogP contribution in [0.15, 0.2) is 18.2 Å². The number of rotatable bonds is 4. The molecule has 0 radical (unpaired) electrons. The van der Waals surface area contributed by atoms with Gasteiger partial charge in [-0.15, -0.1) is 0 Å². The fraction of sp³-hybridized carbons (Fsp3) is 0.417. The van der Waals surface area contributed by atoms with Crippen molar-refractivity contribution in [3.05, 3.63) is 23.8 Å². The lowest BCUT2D eigenvalue weighted by Gasteiger charge is -2.09. The normalized spacial score (nSPS) is 14.6. The SMILES string of the molecule is COc1ccc(N)cc1C(=O)OCC1CC1. The van der Waals surface area contributed by atoms with Crippen LogP contribution in [0.5, 0.6) is 5.75 Å². The molecule has 1 aliphatic rings. The molecule has 0 unspecified atom stereocenters. The predicted molar refractivity (Wildman–Crippen MR) is 60.4 cm³/mol. The van der Waals surface area contributed by atoms with Crippen LogP contribution in [0.2, 0.25) is 0 Å². The Balaban J connectivity index is 2.09. The lowest BCUT2D eigenvalue weighted by molar-refractivity contribution is 0.0482. The summed E-state index contributed by atoms with van der Waals surface area (Å²) in [5.74, 6) is 0.682. The molecule has 0 aliphatic heterocycles. The van der Waals surface area contributed by atoms with E-state index >= 15 is 0 Å². The van der Waals surface area contributed by atoms with Crippen LogP contribution in [0.1, 0.15) is 23.2 Å². The van der Waals surface area contributed by atoms with Gasteiger partial charge in [-0.25, -0.2) is 4.79 Å². The van der Waals surface area contributed by atoms with E-state index in [0.29, 0.717) is 29.5 Å². The number of hydrogen-bond donors (Lipinski definition) is 1. The molecular formula is C12H15NO3. The van der Waals surface area contributed by atoms with E-state index in [0.717, 1.165) is 12.8 Å². The van der Waals surface area contributed by atoms with E-state index in [1.807, 2.05) is 0 Å². The molecule has 0 atom stereocenters. The van der Waals surface area contributed by atoms with Gasteiger partial charge in [-0.2, -0.15) is 0 Å². The van der Waals surface area contributed by atoms with Crippen molar-refractivity contribution in [3.8, 4) is 5.75 Å². The van der Waals surface area contributed by atoms with E-state index < -0.39 is 0 Å². The van der Waals surface area contributed by atoms with Crippen molar-refractivity contribution in [3.63, 3.8) is 0 Å². The highest BCUT2D eigenvalue weighted by Crippen LogP contribution is 2.30. The number of ether oxygens (including phenoxy) is 2. The van der Waals surface area contributed by atoms with E-state index in [1.54, 1.807) is 18.2 Å². The molecule has 0 saturated heterocycles. The largest absolute Gasteiger partial charge is 0.496 e. The first kappa shape index (κ1) is 10.8. The second kappa shape index (κ2) is 4.43. The number of carbonyl (C=O) groups excluding carboxylic acids is 1. The molecule has 4 heteroatoms. The molecule has 1 aliphatic carbocycles. The van der Waals surface area contributed by atoms with Crippen LogP contribution in [0.4, 0.5) is 5.69 Å². The fourth-order valence-electron chi connectivity index (χ4n) is 1.44. The molecule has 1 aromatic rings. The fourth-order valence-corrected chi connectivity index (χ4v) is 1.44. The van der Waals surface area contributed by atoms with E-state index in [2.05, 4.69) is 0 Å². The van der Waals surface area contributed by atoms with Crippen LogP contribution in [-0.4, -0.2) is 19.7 Å². The van der Waals surface area contributed by atoms with Crippen LogP contribution >= 0.6 is 0 Å². The van der Waals surface area contributed by atoms with Crippen LogP contribution < -0.4 is 10.5 Å². The van der Waals surface area contributed by atoms with E-state index in [1.165, 1.54) is 7.11 Å². The quantitative estimate of drug-likeness (QED) is 0.622. The molecule has 0 amide bonds. The summed E-state index contributed by atoms with van der Waals surface area (Å²) < 4.78 is 10.3. The van der Waals surface area contributed by atoms with Gasteiger partial charge in [0.15, 0.2) is 0 Å². The second-order valence-corrected chi connectivity index (χ2v) is 4.00. The maximum atomic E-state index is 11.8. The predicted octanol–water partition coefficient (Wildman–Crippen LogP) is 1.84. The van der Waals surface area contributed by atoms with Crippen LogP contribution in [0.25, 0.3) is 0 Å². The first-order valence-corrected chi connectivity index (χ1v) is 5.31. The van der Waals surface area contributed by atoms with Crippen molar-refractivity contribution in [2.24, 2.45) is 5.92 Å². The molecule has 4 nitrogen and oxygen atoms in total. The van der Waals surface area contributed by atoms with Gasteiger partial charge in [0, 0.05) is 5.69 Å². The Morgan fingerprint density at radius 2 is 2.25 bits per heavy atom. The maximum Gasteiger partial charge on any atom is 0.342 e. The third-order valence-electron chi connectivity index (χ3n) is 2.59. The molecule has 86 valence electrons. The third-order valence-corrected chi connectivity index (χ3v) is 2.59. The van der Waals surface area contributed by atoms with Gasteiger partial charge in [0.2, 0.25) is 0 Å². The molecule has 16 heavy (non-hydrogen) atoms. The molecule has 2 rings (SSSR count). The number of nitrogens with two attached hydrogens (primary N) is 1. The van der Waals surface area contributed by atoms with Crippen molar-refractivity contribution in [2.45, 2.75) is 12.8 Å². The van der Waals surface area contributed by atoms with Crippen LogP contribution in [0, 0.1) is 5.92 Å². The van der Waals surface area contributed by atoms with Crippen molar-refractivity contribution in [1.82, 2.24) is 0 Å². The lowest BCUT2D eigenvalue weighted by Crippen LogP contribution is -2.09. The number of hydrogen-bond acceptors (Lipinski definition) is 4. The summed E-state index contributed by atoms with van der Waals surface area (Å²) >= 11 is 0. The zero-order chi connectivity index (χ0) is 11.5. The topological polar surface area (TPSA) is 61.5 Å². The monoisotopic (exact) mass is 221 g/mol. The van der Waals surface area contributed by atoms with Gasteiger partial charge in [-0.1, -0.05) is 0 Å². The molecule has 0 spiro atoms. The molecule has 0 bridgehead atoms. The van der Waals surface area contributed by atoms with Gasteiger partial charge in [-0.05, 0) is 37.0 Å². The number of benzene rings is 1. The van der Waals surface area contributed by atoms with Gasteiger partial charge < -0.3 is 15.2 Å². The van der Waals surface area contributed by atoms with Crippen molar-refractivity contribution < 1.29 is 14.3 Å². The van der Waals surface area contributed by atoms with Gasteiger partial charge >= 0.3 is 5.97 Å². The van der Waals surface area contributed by atoms with Gasteiger partial charge in [-0.3, -0.25) is 0 Å². The average Bonchev–Trinajstić information content (AvgIpc) is 3.09. The minimum absolute atomic E-state index is 0.365. The molecular weight excluding hydrogens is 206 g/mol. The highest BCUT2D eigenvalue weighted by molar-refractivity contribution is 5.93. The Bertz CT molecular complexity index is 399. The number of esters is 1. The van der Waals surface area contributed by atoms with Gasteiger partial charge in [0.05, 0.1) is 13.7 Å². The van der Waals surface area contributed by atoms with Gasteiger partial charge in [0.25, 0.3) is 0 Å². The Labute approximate surface area is 94.3 Å². The molecule has 0 heterocycles. The zero-order valence-corrected chi connectivity index (χ0v) is 9.23. The van der Waals surface area contributed by atoms with Crippen molar-refractivity contribution >= 4 is 11.7 Å². The Morgan fingerprint density at radius 3 is 2.88 bits per heavy atom. The smallest absolute Gasteiger partial charge is 0.342 e. The van der Waals surface area contributed by atoms with Crippen LogP contribution in [0.3, 0.4) is 0 Å². The van der Waals surface area contributed by atoms with Crippen molar-refractivity contribution in [1.29, 1.82) is 0 Å². The first-order chi connectivity index (χ1) is 7.70. The second-order valence-electron chi connectivity index (χ2n) is 4.00. The summed E-state index contributed by atoms with van der Waals surface area (Å²) in [6.07, 6.45) is 2.31. The minimum Gasteiger partial charge on any atom is -0.496 e. The number of methoxy groups -OCH3 is 1. The minimum atomic E-state index is -0.365. The van der Waals surface area contributed by atoms with E-state index in [-0.39, 0.29) is 5.97 Å². The van der Waals surface area contributed by atoms with E-state index in [4.69, 9.17) is 15.2 Å². The summed E-state index contributed by atoms with van der Waals surface area (Å²) in [4.78, 5) is 11.8. The molecule has 0 aromatic heterocycles. The summed E-state index contributed by atoms with van der Waals surface area (Å²) in [5.41, 5.74) is 6.54. The highest BCUT2D eigenvalue weighted by Gasteiger charge is 2.24. The van der Waals surface area contributed by atoms with Crippen molar-refractivity contribution in [2.75, 3.05) is 19.5 Å². The summed E-state index contributed by atoms with van der Waals surface area (Å²) in [7, 11) is 1.52. The first-order valence-electron chi connectivity index (χ1n) is 5.31. The lowest BCUT2D eigenvalue weighted by atomic mass is 10.2. The van der Waals surface area contributed by atoms with E-state index in [9.17, 15) is 4.79 Å². The molecule has 1 saturated carbocycles.